The number of hydrogen-bond donors (Lipinski definition) is 2. The minimum absolute atomic E-state index is 0.119. The molecular formula is C12H17NO2. The summed E-state index contributed by atoms with van der Waals surface area (Å²) in [6, 6.07) is 6.65. The first kappa shape index (κ1) is 11.7. The maximum atomic E-state index is 11.6. The summed E-state index contributed by atoms with van der Waals surface area (Å²) in [5, 5.41) is 9.07. The summed E-state index contributed by atoms with van der Waals surface area (Å²) in [5.74, 6) is 0.332. The zero-order valence-electron chi connectivity index (χ0n) is 9.16. The van der Waals surface area contributed by atoms with Gasteiger partial charge in [-0.05, 0) is 31.5 Å². The third-order valence-corrected chi connectivity index (χ3v) is 1.99. The molecule has 0 saturated carbocycles. The van der Waals surface area contributed by atoms with Crippen molar-refractivity contribution < 1.29 is 9.90 Å². The van der Waals surface area contributed by atoms with E-state index in [0.717, 1.165) is 5.56 Å². The highest BCUT2D eigenvalue weighted by Gasteiger charge is 2.16. The molecular weight excluding hydrogens is 190 g/mol. The number of hydrogen-bond acceptors (Lipinski definition) is 3. The Labute approximate surface area is 89.9 Å². The summed E-state index contributed by atoms with van der Waals surface area (Å²) in [6.07, 6.45) is 0.745. The second kappa shape index (κ2) is 4.45. The van der Waals surface area contributed by atoms with E-state index >= 15 is 0 Å². The molecule has 0 spiro atoms. The molecule has 0 fully saturated rings. The number of benzene rings is 1. The molecule has 0 unspecified atom stereocenters. The molecule has 0 amide bonds. The predicted octanol–water partition coefficient (Wildman–Crippen LogP) is 1.63. The Morgan fingerprint density at radius 2 is 1.87 bits per heavy atom. The van der Waals surface area contributed by atoms with E-state index in [9.17, 15) is 4.79 Å². The Kier molecular flexibility index (Phi) is 3.48. The fourth-order valence-corrected chi connectivity index (χ4v) is 1.41. The van der Waals surface area contributed by atoms with Crippen LogP contribution < -0.4 is 5.73 Å². The first-order chi connectivity index (χ1) is 6.87. The van der Waals surface area contributed by atoms with Crippen LogP contribution in [-0.2, 0) is 11.2 Å². The van der Waals surface area contributed by atoms with Crippen molar-refractivity contribution >= 4 is 5.78 Å². The van der Waals surface area contributed by atoms with Crippen LogP contribution in [0.1, 0.15) is 25.8 Å². The van der Waals surface area contributed by atoms with Gasteiger partial charge in [0.2, 0.25) is 0 Å². The second-order valence-corrected chi connectivity index (χ2v) is 4.55. The van der Waals surface area contributed by atoms with Gasteiger partial charge in [0.1, 0.15) is 11.5 Å². The molecule has 0 bridgehead atoms. The third-order valence-electron chi connectivity index (χ3n) is 1.99. The maximum Gasteiger partial charge on any atom is 0.139 e. The van der Waals surface area contributed by atoms with Crippen molar-refractivity contribution in [3.8, 4) is 5.75 Å². The summed E-state index contributed by atoms with van der Waals surface area (Å²) in [7, 11) is 0. The lowest BCUT2D eigenvalue weighted by atomic mass is 9.96. The molecule has 1 rings (SSSR count). The lowest BCUT2D eigenvalue weighted by Crippen LogP contribution is -2.35. The first-order valence-corrected chi connectivity index (χ1v) is 4.95. The molecule has 3 heteroatoms. The van der Waals surface area contributed by atoms with Crippen LogP contribution in [0.5, 0.6) is 5.75 Å². The largest absolute Gasteiger partial charge is 0.508 e. The minimum Gasteiger partial charge on any atom is -0.508 e. The van der Waals surface area contributed by atoms with E-state index in [1.54, 1.807) is 24.3 Å². The van der Waals surface area contributed by atoms with E-state index in [2.05, 4.69) is 0 Å². The van der Waals surface area contributed by atoms with E-state index in [1.807, 2.05) is 13.8 Å². The topological polar surface area (TPSA) is 63.3 Å². The number of aromatic hydroxyl groups is 1. The molecule has 1 aromatic rings. The number of carbonyl (C=O) groups is 1. The highest BCUT2D eigenvalue weighted by atomic mass is 16.3. The van der Waals surface area contributed by atoms with Crippen molar-refractivity contribution in [2.24, 2.45) is 5.73 Å². The molecule has 0 radical (unpaired) electrons. The van der Waals surface area contributed by atoms with Crippen LogP contribution in [-0.4, -0.2) is 16.4 Å². The Bertz CT molecular complexity index is 336. The number of ketones is 1. The number of rotatable bonds is 4. The van der Waals surface area contributed by atoms with Crippen molar-refractivity contribution in [1.29, 1.82) is 0 Å². The molecule has 0 heterocycles. The smallest absolute Gasteiger partial charge is 0.139 e. The van der Waals surface area contributed by atoms with Crippen LogP contribution in [0.3, 0.4) is 0 Å². The molecule has 0 saturated heterocycles. The predicted molar refractivity (Wildman–Crippen MR) is 59.7 cm³/mol. The van der Waals surface area contributed by atoms with Gasteiger partial charge in [0.15, 0.2) is 0 Å². The van der Waals surface area contributed by atoms with Gasteiger partial charge in [-0.3, -0.25) is 4.79 Å². The van der Waals surface area contributed by atoms with Gasteiger partial charge in [0, 0.05) is 18.4 Å². The molecule has 3 nitrogen and oxygen atoms in total. The summed E-state index contributed by atoms with van der Waals surface area (Å²) in [5.41, 5.74) is 6.21. The van der Waals surface area contributed by atoms with Gasteiger partial charge in [0.25, 0.3) is 0 Å². The number of Topliss-reactive ketones (excluding diaryl/α,β-unsaturated/α-hetero) is 1. The third kappa shape index (κ3) is 4.61. The normalized spacial score (nSPS) is 11.4. The van der Waals surface area contributed by atoms with Crippen LogP contribution in [0.15, 0.2) is 24.3 Å². The van der Waals surface area contributed by atoms with Gasteiger partial charge < -0.3 is 10.8 Å². The number of phenols is 1. The Morgan fingerprint density at radius 3 is 2.33 bits per heavy atom. The van der Waals surface area contributed by atoms with Crippen molar-refractivity contribution in [2.45, 2.75) is 32.2 Å². The Balaban J connectivity index is 2.55. The number of phenolic OH excluding ortho intramolecular Hbond substituents is 1. The van der Waals surface area contributed by atoms with Gasteiger partial charge in [0.05, 0.1) is 0 Å². The highest BCUT2D eigenvalue weighted by molar-refractivity contribution is 5.81. The van der Waals surface area contributed by atoms with Gasteiger partial charge in [-0.2, -0.15) is 0 Å². The lowest BCUT2D eigenvalue weighted by molar-refractivity contribution is -0.119. The standard InChI is InChI=1S/C12H17NO2/c1-12(2,13)8-11(15)7-9-3-5-10(14)6-4-9/h3-6,14H,7-8,13H2,1-2H3. The highest BCUT2D eigenvalue weighted by Crippen LogP contribution is 2.12. The molecule has 3 N–H and O–H groups in total. The van der Waals surface area contributed by atoms with Crippen LogP contribution >= 0.6 is 0 Å². The van der Waals surface area contributed by atoms with Crippen LogP contribution in [0.25, 0.3) is 0 Å². The minimum atomic E-state index is -0.450. The van der Waals surface area contributed by atoms with Gasteiger partial charge in [-0.25, -0.2) is 0 Å². The molecule has 1 aromatic carbocycles. The molecule has 0 aliphatic rings. The summed E-state index contributed by atoms with van der Waals surface area (Å²) in [4.78, 5) is 11.6. The van der Waals surface area contributed by atoms with E-state index in [1.165, 1.54) is 0 Å². The van der Waals surface area contributed by atoms with E-state index in [4.69, 9.17) is 10.8 Å². The molecule has 0 aliphatic carbocycles. The Hall–Kier alpha value is -1.35. The van der Waals surface area contributed by atoms with Crippen molar-refractivity contribution in [3.63, 3.8) is 0 Å². The fraction of sp³-hybridized carbons (Fsp3) is 0.417. The molecule has 0 atom stereocenters. The molecule has 82 valence electrons. The summed E-state index contributed by atoms with van der Waals surface area (Å²) < 4.78 is 0. The van der Waals surface area contributed by atoms with E-state index < -0.39 is 5.54 Å². The van der Waals surface area contributed by atoms with E-state index in [0.29, 0.717) is 12.8 Å². The van der Waals surface area contributed by atoms with Gasteiger partial charge in [-0.1, -0.05) is 12.1 Å². The molecule has 15 heavy (non-hydrogen) atoms. The van der Waals surface area contributed by atoms with Crippen LogP contribution in [0, 0.1) is 0 Å². The van der Waals surface area contributed by atoms with E-state index in [-0.39, 0.29) is 11.5 Å². The lowest BCUT2D eigenvalue weighted by Gasteiger charge is -2.16. The van der Waals surface area contributed by atoms with Gasteiger partial charge in [-0.15, -0.1) is 0 Å². The van der Waals surface area contributed by atoms with Gasteiger partial charge >= 0.3 is 0 Å². The monoisotopic (exact) mass is 207 g/mol. The van der Waals surface area contributed by atoms with Crippen LogP contribution in [0.4, 0.5) is 0 Å². The number of carbonyl (C=O) groups excluding carboxylic acids is 1. The average molecular weight is 207 g/mol. The van der Waals surface area contributed by atoms with Crippen LogP contribution in [0.2, 0.25) is 0 Å². The van der Waals surface area contributed by atoms with Crippen molar-refractivity contribution in [3.05, 3.63) is 29.8 Å². The average Bonchev–Trinajstić information content (AvgIpc) is 2.05. The quantitative estimate of drug-likeness (QED) is 0.788. The second-order valence-electron chi connectivity index (χ2n) is 4.55. The first-order valence-electron chi connectivity index (χ1n) is 4.95. The zero-order valence-corrected chi connectivity index (χ0v) is 9.16. The Morgan fingerprint density at radius 1 is 1.33 bits per heavy atom. The summed E-state index contributed by atoms with van der Waals surface area (Å²) in [6.45, 7) is 3.67. The fourth-order valence-electron chi connectivity index (χ4n) is 1.41. The summed E-state index contributed by atoms with van der Waals surface area (Å²) >= 11 is 0. The SMILES string of the molecule is CC(C)(N)CC(=O)Cc1ccc(O)cc1. The molecule has 0 aromatic heterocycles. The maximum absolute atomic E-state index is 11.6. The zero-order chi connectivity index (χ0) is 11.5. The number of nitrogens with two attached hydrogens (primary N) is 1. The molecule has 0 aliphatic heterocycles. The van der Waals surface area contributed by atoms with Crippen molar-refractivity contribution in [2.75, 3.05) is 0 Å². The van der Waals surface area contributed by atoms with Crippen molar-refractivity contribution in [1.82, 2.24) is 0 Å².